The molecule has 7 nitrogen and oxygen atoms in total. The summed E-state index contributed by atoms with van der Waals surface area (Å²) >= 11 is 4.61. The summed E-state index contributed by atoms with van der Waals surface area (Å²) < 4.78 is 16.4. The lowest BCUT2D eigenvalue weighted by Gasteiger charge is -2.12. The van der Waals surface area contributed by atoms with Crippen LogP contribution >= 0.6 is 27.7 Å². The molecular formula is C22H17BrN2O5S. The Kier molecular flexibility index (Phi) is 7.39. The van der Waals surface area contributed by atoms with E-state index in [2.05, 4.69) is 36.9 Å². The van der Waals surface area contributed by atoms with Gasteiger partial charge in [-0.3, -0.25) is 4.79 Å². The molecule has 0 aliphatic carbocycles. The Labute approximate surface area is 192 Å². The van der Waals surface area contributed by atoms with Gasteiger partial charge in [0.2, 0.25) is 0 Å². The Balaban J connectivity index is 1.88. The predicted molar refractivity (Wildman–Crippen MR) is 124 cm³/mol. The van der Waals surface area contributed by atoms with Gasteiger partial charge in [0.1, 0.15) is 6.61 Å². The number of rotatable bonds is 6. The highest BCUT2D eigenvalue weighted by Crippen LogP contribution is 2.38. The van der Waals surface area contributed by atoms with Crippen molar-refractivity contribution in [3.63, 3.8) is 0 Å². The van der Waals surface area contributed by atoms with Crippen molar-refractivity contribution in [3.05, 3.63) is 56.9 Å². The summed E-state index contributed by atoms with van der Waals surface area (Å²) in [5.74, 6) is 2.62. The third kappa shape index (κ3) is 5.48. The highest BCUT2D eigenvalue weighted by molar-refractivity contribution is 9.10. The summed E-state index contributed by atoms with van der Waals surface area (Å²) in [6.45, 7) is 0.0573. The van der Waals surface area contributed by atoms with Gasteiger partial charge < -0.3 is 19.5 Å². The average Bonchev–Trinajstić information content (AvgIpc) is 3.11. The molecular weight excluding hydrogens is 484 g/mol. The molecule has 31 heavy (non-hydrogen) atoms. The number of nitrogens with zero attached hydrogens (tertiary/aromatic N) is 1. The number of halogens is 1. The summed E-state index contributed by atoms with van der Waals surface area (Å²) in [6, 6.07) is 10.1. The number of hydrogen-bond donors (Lipinski definition) is 1. The fourth-order valence-electron chi connectivity index (χ4n) is 2.64. The zero-order chi connectivity index (χ0) is 22.4. The first-order valence-corrected chi connectivity index (χ1v) is 10.5. The largest absolute Gasteiger partial charge is 0.493 e. The van der Waals surface area contributed by atoms with Crippen LogP contribution in [-0.4, -0.2) is 37.9 Å². The monoisotopic (exact) mass is 500 g/mol. The normalized spacial score (nSPS) is 15.5. The van der Waals surface area contributed by atoms with E-state index in [1.165, 1.54) is 26.0 Å². The topological polar surface area (TPSA) is 86.2 Å². The molecule has 1 fully saturated rings. The summed E-state index contributed by atoms with van der Waals surface area (Å²) in [6.07, 6.45) is 6.99. The molecule has 2 aromatic carbocycles. The van der Waals surface area contributed by atoms with E-state index in [1.54, 1.807) is 42.5 Å². The summed E-state index contributed by atoms with van der Waals surface area (Å²) in [5, 5.41) is 3.14. The number of terminal acetylenes is 1. The van der Waals surface area contributed by atoms with Crippen LogP contribution in [0.3, 0.4) is 0 Å². The smallest absolute Gasteiger partial charge is 0.337 e. The first-order valence-electron chi connectivity index (χ1n) is 8.87. The third-order valence-electron chi connectivity index (χ3n) is 4.02. The van der Waals surface area contributed by atoms with Crippen molar-refractivity contribution in [2.75, 3.05) is 20.8 Å². The van der Waals surface area contributed by atoms with Crippen molar-refractivity contribution in [2.24, 2.45) is 4.99 Å². The van der Waals surface area contributed by atoms with Gasteiger partial charge >= 0.3 is 5.97 Å². The van der Waals surface area contributed by atoms with Crippen molar-refractivity contribution in [3.8, 4) is 23.8 Å². The van der Waals surface area contributed by atoms with Crippen LogP contribution in [0.2, 0.25) is 0 Å². The molecule has 1 saturated heterocycles. The maximum atomic E-state index is 12.5. The number of thioether (sulfide) groups is 1. The molecule has 9 heteroatoms. The van der Waals surface area contributed by atoms with E-state index >= 15 is 0 Å². The molecule has 0 bridgehead atoms. The first kappa shape index (κ1) is 22.5. The van der Waals surface area contributed by atoms with Crippen LogP contribution in [0.25, 0.3) is 6.08 Å². The van der Waals surface area contributed by atoms with E-state index in [1.807, 2.05) is 0 Å². The quantitative estimate of drug-likeness (QED) is 0.364. The fourth-order valence-corrected chi connectivity index (χ4v) is 3.93. The highest BCUT2D eigenvalue weighted by atomic mass is 79.9. The zero-order valence-electron chi connectivity index (χ0n) is 16.6. The van der Waals surface area contributed by atoms with Crippen LogP contribution in [0.1, 0.15) is 15.9 Å². The number of amidine groups is 1. The number of hydrogen-bond acceptors (Lipinski definition) is 7. The van der Waals surface area contributed by atoms with Crippen molar-refractivity contribution in [1.29, 1.82) is 0 Å². The van der Waals surface area contributed by atoms with E-state index < -0.39 is 5.97 Å². The number of amides is 1. The minimum Gasteiger partial charge on any atom is -0.493 e. The average molecular weight is 501 g/mol. The standard InChI is InChI=1S/C22H17BrN2O5S/c1-4-9-30-19-14(10-15(23)12-17(19)28-2)11-18-20(26)25-22(31-18)24-16-7-5-13(6-8-16)21(27)29-3/h1,5-8,10-12H,9H2,2-3H3,(H,24,25,26)/b18-11-. The Hall–Kier alpha value is -3.22. The van der Waals surface area contributed by atoms with Gasteiger partial charge in [-0.05, 0) is 54.2 Å². The Morgan fingerprint density at radius 1 is 1.29 bits per heavy atom. The van der Waals surface area contributed by atoms with Gasteiger partial charge in [0, 0.05) is 10.0 Å². The number of benzene rings is 2. The van der Waals surface area contributed by atoms with Gasteiger partial charge in [-0.15, -0.1) is 6.42 Å². The van der Waals surface area contributed by atoms with Crippen LogP contribution < -0.4 is 14.8 Å². The second kappa shape index (κ2) is 10.2. The zero-order valence-corrected chi connectivity index (χ0v) is 19.0. The van der Waals surface area contributed by atoms with E-state index in [0.29, 0.717) is 38.4 Å². The fraction of sp³-hybridized carbons (Fsp3) is 0.136. The SMILES string of the molecule is C#CCOc1c(/C=C2\SC(=Nc3ccc(C(=O)OC)cc3)NC2=O)cc(Br)cc1OC. The van der Waals surface area contributed by atoms with Crippen LogP contribution in [-0.2, 0) is 9.53 Å². The molecule has 158 valence electrons. The minimum absolute atomic E-state index is 0.0573. The van der Waals surface area contributed by atoms with E-state index in [-0.39, 0.29) is 12.5 Å². The van der Waals surface area contributed by atoms with Crippen molar-refractivity contribution >= 4 is 56.5 Å². The van der Waals surface area contributed by atoms with E-state index in [9.17, 15) is 9.59 Å². The van der Waals surface area contributed by atoms with Gasteiger partial charge in [-0.2, -0.15) is 0 Å². The van der Waals surface area contributed by atoms with Crippen LogP contribution in [0.15, 0.2) is 50.8 Å². The van der Waals surface area contributed by atoms with Crippen LogP contribution in [0, 0.1) is 12.3 Å². The van der Waals surface area contributed by atoms with Crippen molar-refractivity contribution < 1.29 is 23.8 Å². The molecule has 1 heterocycles. The number of methoxy groups -OCH3 is 2. The predicted octanol–water partition coefficient (Wildman–Crippen LogP) is 4.15. The highest BCUT2D eigenvalue weighted by Gasteiger charge is 2.25. The molecule has 0 atom stereocenters. The van der Waals surface area contributed by atoms with E-state index in [4.69, 9.17) is 15.9 Å². The molecule has 0 unspecified atom stereocenters. The second-order valence-electron chi connectivity index (χ2n) is 6.04. The number of aliphatic imine (C=N–C) groups is 1. The third-order valence-corrected chi connectivity index (χ3v) is 5.39. The Bertz CT molecular complexity index is 1120. The van der Waals surface area contributed by atoms with Crippen LogP contribution in [0.4, 0.5) is 5.69 Å². The molecule has 1 N–H and O–H groups in total. The molecule has 1 amide bonds. The van der Waals surface area contributed by atoms with Gasteiger partial charge in [-0.25, -0.2) is 9.79 Å². The van der Waals surface area contributed by atoms with Crippen molar-refractivity contribution in [1.82, 2.24) is 5.32 Å². The number of ether oxygens (including phenoxy) is 3. The Morgan fingerprint density at radius 3 is 2.68 bits per heavy atom. The maximum absolute atomic E-state index is 12.5. The summed E-state index contributed by atoms with van der Waals surface area (Å²) in [7, 11) is 2.84. The lowest BCUT2D eigenvalue weighted by Crippen LogP contribution is -2.19. The minimum atomic E-state index is -0.430. The second-order valence-corrected chi connectivity index (χ2v) is 7.99. The summed E-state index contributed by atoms with van der Waals surface area (Å²) in [4.78, 5) is 28.8. The molecule has 1 aliphatic rings. The molecule has 3 rings (SSSR count). The number of esters is 1. The first-order chi connectivity index (χ1) is 14.9. The van der Waals surface area contributed by atoms with Gasteiger partial charge in [0.05, 0.1) is 30.4 Å². The molecule has 0 saturated carbocycles. The molecule has 2 aromatic rings. The van der Waals surface area contributed by atoms with Gasteiger partial charge in [0.25, 0.3) is 5.91 Å². The van der Waals surface area contributed by atoms with E-state index in [0.717, 1.165) is 4.47 Å². The molecule has 1 aliphatic heterocycles. The van der Waals surface area contributed by atoms with Crippen LogP contribution in [0.5, 0.6) is 11.5 Å². The molecule has 0 aromatic heterocycles. The summed E-state index contributed by atoms with van der Waals surface area (Å²) in [5.41, 5.74) is 1.62. The van der Waals surface area contributed by atoms with Gasteiger partial charge in [-0.1, -0.05) is 21.9 Å². The molecule has 0 radical (unpaired) electrons. The number of carbonyl (C=O) groups is 2. The lowest BCUT2D eigenvalue weighted by molar-refractivity contribution is -0.115. The Morgan fingerprint density at radius 2 is 2.03 bits per heavy atom. The maximum Gasteiger partial charge on any atom is 0.337 e. The number of nitrogens with one attached hydrogen (secondary N) is 1. The van der Waals surface area contributed by atoms with Crippen molar-refractivity contribution in [2.45, 2.75) is 0 Å². The number of carbonyl (C=O) groups excluding carboxylic acids is 2. The van der Waals surface area contributed by atoms with Gasteiger partial charge in [0.15, 0.2) is 16.7 Å². The molecule has 0 spiro atoms. The lowest BCUT2D eigenvalue weighted by atomic mass is 10.1.